The molecule has 0 amide bonds. The summed E-state index contributed by atoms with van der Waals surface area (Å²) in [4.78, 5) is 2.37. The van der Waals surface area contributed by atoms with Crippen LogP contribution in [0.4, 0.5) is 5.95 Å². The monoisotopic (exact) mass is 346 g/mol. The van der Waals surface area contributed by atoms with Gasteiger partial charge in [0.15, 0.2) is 0 Å². The van der Waals surface area contributed by atoms with E-state index < -0.39 is 0 Å². The van der Waals surface area contributed by atoms with Gasteiger partial charge in [0.05, 0.1) is 0 Å². The van der Waals surface area contributed by atoms with Gasteiger partial charge >= 0.3 is 0 Å². The second-order valence-electron chi connectivity index (χ2n) is 6.38. The van der Waals surface area contributed by atoms with E-state index in [4.69, 9.17) is 0 Å². The summed E-state index contributed by atoms with van der Waals surface area (Å²) in [7, 11) is 2.12. The van der Waals surface area contributed by atoms with E-state index in [1.165, 1.54) is 36.6 Å². The van der Waals surface area contributed by atoms with Crippen LogP contribution in [0.25, 0.3) is 0 Å². The summed E-state index contributed by atoms with van der Waals surface area (Å²) in [5.74, 6) is 5.36. The third-order valence-electron chi connectivity index (χ3n) is 4.33. The summed E-state index contributed by atoms with van der Waals surface area (Å²) in [6, 6.07) is 0. The van der Waals surface area contributed by atoms with Gasteiger partial charge in [-0.2, -0.15) is 11.8 Å². The number of hydrogen-bond acceptors (Lipinski definition) is 4. The molecule has 3 rings (SSSR count). The molecule has 1 aliphatic heterocycles. The third-order valence-corrected chi connectivity index (χ3v) is 5.28. The van der Waals surface area contributed by atoms with Gasteiger partial charge in [-0.3, -0.25) is 0 Å². The first-order valence-corrected chi connectivity index (χ1v) is 9.95. The van der Waals surface area contributed by atoms with Gasteiger partial charge in [-0.05, 0) is 26.7 Å². The lowest BCUT2D eigenvalue weighted by Gasteiger charge is -2.28. The molecule has 0 atom stereocenters. The lowest BCUT2D eigenvalue weighted by Crippen LogP contribution is -2.34. The Balaban J connectivity index is 0.000000224. The molecule has 132 valence electrons. The highest BCUT2D eigenvalue weighted by atomic mass is 32.2. The molecule has 2 heterocycles. The summed E-state index contributed by atoms with van der Waals surface area (Å²) in [6.45, 7) is 9.89. The zero-order valence-electron chi connectivity index (χ0n) is 15.2. The van der Waals surface area contributed by atoms with Crippen LogP contribution in [0, 0.1) is 0 Å². The van der Waals surface area contributed by atoms with Crippen LogP contribution in [0.1, 0.15) is 44.9 Å². The predicted octanol–water partition coefficient (Wildman–Crippen LogP) is 4.33. The molecule has 1 aliphatic carbocycles. The van der Waals surface area contributed by atoms with Crippen LogP contribution in [0.3, 0.4) is 0 Å². The highest BCUT2D eigenvalue weighted by molar-refractivity contribution is 7.99. The number of aromatic nitrogens is 3. The van der Waals surface area contributed by atoms with Crippen LogP contribution in [0.5, 0.6) is 0 Å². The molecule has 1 aromatic heterocycles. The van der Waals surface area contributed by atoms with E-state index in [9.17, 15) is 0 Å². The summed E-state index contributed by atoms with van der Waals surface area (Å²) in [5.41, 5.74) is 1.09. The van der Waals surface area contributed by atoms with Crippen molar-refractivity contribution in [1.82, 2.24) is 14.8 Å². The normalized spacial score (nSPS) is 18.5. The fraction of sp³-hybridized carbons (Fsp3) is 0.579. The molecule has 0 radical (unpaired) electrons. The summed E-state index contributed by atoms with van der Waals surface area (Å²) in [6.07, 6.45) is 11.9. The molecule has 0 N–H and O–H groups in total. The minimum Gasteiger partial charge on any atom is -0.339 e. The highest BCUT2D eigenvalue weighted by Gasteiger charge is 2.27. The van der Waals surface area contributed by atoms with Crippen molar-refractivity contribution >= 4 is 17.7 Å². The van der Waals surface area contributed by atoms with Crippen molar-refractivity contribution in [3.63, 3.8) is 0 Å². The maximum atomic E-state index is 4.38. The largest absolute Gasteiger partial charge is 0.339 e. The van der Waals surface area contributed by atoms with E-state index in [1.54, 1.807) is 0 Å². The summed E-state index contributed by atoms with van der Waals surface area (Å²) < 4.78 is 2.21. The second-order valence-corrected chi connectivity index (χ2v) is 7.60. The number of hydrogen-bond donors (Lipinski definition) is 0. The third kappa shape index (κ3) is 5.26. The molecule has 0 aromatic carbocycles. The van der Waals surface area contributed by atoms with E-state index in [0.29, 0.717) is 5.92 Å². The van der Waals surface area contributed by atoms with Crippen LogP contribution in [0.15, 0.2) is 36.5 Å². The van der Waals surface area contributed by atoms with E-state index >= 15 is 0 Å². The van der Waals surface area contributed by atoms with Crippen molar-refractivity contribution in [3.8, 4) is 0 Å². The van der Waals surface area contributed by atoms with E-state index in [1.807, 2.05) is 49.9 Å². The number of anilines is 1. The maximum absolute atomic E-state index is 4.38. The molecule has 24 heavy (non-hydrogen) atoms. The fourth-order valence-electron chi connectivity index (χ4n) is 2.72. The molecular weight excluding hydrogens is 316 g/mol. The molecule has 2 aliphatic rings. The van der Waals surface area contributed by atoms with Crippen LogP contribution in [-0.4, -0.2) is 39.4 Å². The Morgan fingerprint density at radius 2 is 1.92 bits per heavy atom. The Bertz CT molecular complexity index is 578. The first-order valence-electron chi connectivity index (χ1n) is 8.80. The predicted molar refractivity (Wildman–Crippen MR) is 106 cm³/mol. The second kappa shape index (κ2) is 9.72. The van der Waals surface area contributed by atoms with Crippen molar-refractivity contribution in [2.45, 2.75) is 39.0 Å². The lowest BCUT2D eigenvalue weighted by molar-refractivity contribution is 0.392. The van der Waals surface area contributed by atoms with Crippen LogP contribution in [-0.2, 0) is 7.05 Å². The van der Waals surface area contributed by atoms with Gasteiger partial charge < -0.3 is 9.47 Å². The van der Waals surface area contributed by atoms with Gasteiger partial charge in [0.25, 0.3) is 0 Å². The van der Waals surface area contributed by atoms with Gasteiger partial charge in [-0.15, -0.1) is 10.2 Å². The lowest BCUT2D eigenvalue weighted by atomic mass is 9.85. The molecular formula is C19H30N4S. The SMILES string of the molecule is C=C(C)/C=C\C=C/C.Cn1c(C2CCC2)nnc1N1CCSCC1. The molecule has 1 aromatic rings. The van der Waals surface area contributed by atoms with Crippen molar-refractivity contribution in [2.75, 3.05) is 29.5 Å². The van der Waals surface area contributed by atoms with E-state index in [2.05, 4.69) is 33.3 Å². The van der Waals surface area contributed by atoms with Crippen LogP contribution in [0.2, 0.25) is 0 Å². The average molecular weight is 347 g/mol. The molecule has 0 bridgehead atoms. The number of allylic oxidation sites excluding steroid dienone is 5. The molecule has 1 saturated heterocycles. The number of thioether (sulfide) groups is 1. The van der Waals surface area contributed by atoms with Crippen molar-refractivity contribution in [1.29, 1.82) is 0 Å². The van der Waals surface area contributed by atoms with E-state index in [0.717, 1.165) is 24.6 Å². The standard InChI is InChI=1S/C11H18N4S.C8H12/c1-14-10(9-3-2-4-9)12-13-11(14)15-5-7-16-8-6-15;1-4-5-6-7-8(2)3/h9H,2-8H2,1H3;4-7H,2H2,1,3H3/b;5-4-,7-6-. The van der Waals surface area contributed by atoms with Crippen LogP contribution < -0.4 is 4.90 Å². The Kier molecular flexibility index (Phi) is 7.63. The minimum atomic E-state index is 0.672. The summed E-state index contributed by atoms with van der Waals surface area (Å²) in [5, 5.41) is 8.75. The molecule has 0 spiro atoms. The van der Waals surface area contributed by atoms with Gasteiger partial charge in [-0.25, -0.2) is 0 Å². The van der Waals surface area contributed by atoms with Gasteiger partial charge in [-0.1, -0.05) is 42.9 Å². The van der Waals surface area contributed by atoms with E-state index in [-0.39, 0.29) is 0 Å². The minimum absolute atomic E-state index is 0.672. The fourth-order valence-corrected chi connectivity index (χ4v) is 3.63. The summed E-state index contributed by atoms with van der Waals surface area (Å²) >= 11 is 2.03. The van der Waals surface area contributed by atoms with Gasteiger partial charge in [0, 0.05) is 37.6 Å². The topological polar surface area (TPSA) is 34.0 Å². The highest BCUT2D eigenvalue weighted by Crippen LogP contribution is 2.36. The molecule has 2 fully saturated rings. The molecule has 1 saturated carbocycles. The average Bonchev–Trinajstić information content (AvgIpc) is 2.89. The maximum Gasteiger partial charge on any atom is 0.227 e. The van der Waals surface area contributed by atoms with Crippen molar-refractivity contribution < 1.29 is 0 Å². The Morgan fingerprint density at radius 1 is 1.21 bits per heavy atom. The first kappa shape index (κ1) is 18.8. The quantitative estimate of drug-likeness (QED) is 0.760. The van der Waals surface area contributed by atoms with Gasteiger partial charge in [0.1, 0.15) is 5.82 Å². The first-order chi connectivity index (χ1) is 11.6. The Hall–Kier alpha value is -1.49. The van der Waals surface area contributed by atoms with Crippen LogP contribution >= 0.6 is 11.8 Å². The smallest absolute Gasteiger partial charge is 0.227 e. The number of rotatable bonds is 4. The zero-order chi connectivity index (χ0) is 17.4. The van der Waals surface area contributed by atoms with Gasteiger partial charge in [0.2, 0.25) is 5.95 Å². The molecule has 0 unspecified atom stereocenters. The Labute approximate surface area is 150 Å². The van der Waals surface area contributed by atoms with Crippen molar-refractivity contribution in [2.24, 2.45) is 7.05 Å². The zero-order valence-corrected chi connectivity index (χ0v) is 16.1. The Morgan fingerprint density at radius 3 is 2.46 bits per heavy atom. The number of nitrogens with zero attached hydrogens (tertiary/aromatic N) is 4. The molecule has 5 heteroatoms. The molecule has 4 nitrogen and oxygen atoms in total. The van der Waals surface area contributed by atoms with Crippen molar-refractivity contribution in [3.05, 3.63) is 42.3 Å².